The lowest BCUT2D eigenvalue weighted by atomic mass is 10.0. The second-order valence-electron chi connectivity index (χ2n) is 5.76. The molecule has 2 atom stereocenters. The quantitative estimate of drug-likeness (QED) is 0.231. The molecule has 96 valence electrons. The third-order valence-electron chi connectivity index (χ3n) is 2.76. The highest BCUT2D eigenvalue weighted by Crippen LogP contribution is 2.25. The standard InChI is InChI=1S/C12H27IN2Si/c1-8-11(14-15(3)4)10(2)9-12(13)16(5,6)7/h10,12H,8-9H2,1-7H3/b14-11+. The van der Waals surface area contributed by atoms with Crippen molar-refractivity contribution in [2.75, 3.05) is 14.1 Å². The lowest BCUT2D eigenvalue weighted by Crippen LogP contribution is -2.35. The summed E-state index contributed by atoms with van der Waals surface area (Å²) in [5, 5.41) is 6.52. The summed E-state index contributed by atoms with van der Waals surface area (Å²) < 4.78 is 0.832. The predicted molar refractivity (Wildman–Crippen MR) is 86.3 cm³/mol. The van der Waals surface area contributed by atoms with Gasteiger partial charge in [-0.3, -0.25) is 0 Å². The van der Waals surface area contributed by atoms with Crippen LogP contribution in [0.2, 0.25) is 19.6 Å². The summed E-state index contributed by atoms with van der Waals surface area (Å²) >= 11 is 2.64. The molecule has 4 heteroatoms. The van der Waals surface area contributed by atoms with Crippen LogP contribution in [-0.4, -0.2) is 36.4 Å². The monoisotopic (exact) mass is 354 g/mol. The summed E-state index contributed by atoms with van der Waals surface area (Å²) in [6.07, 6.45) is 2.34. The van der Waals surface area contributed by atoms with Crippen LogP contribution < -0.4 is 0 Å². The predicted octanol–water partition coefficient (Wildman–Crippen LogP) is 4.02. The van der Waals surface area contributed by atoms with Gasteiger partial charge in [0.05, 0.1) is 8.07 Å². The van der Waals surface area contributed by atoms with Crippen LogP contribution in [0.25, 0.3) is 0 Å². The molecule has 0 bridgehead atoms. The highest BCUT2D eigenvalue weighted by atomic mass is 127. The number of hydrazone groups is 1. The van der Waals surface area contributed by atoms with E-state index in [1.807, 2.05) is 19.1 Å². The molecule has 0 N–H and O–H groups in total. The zero-order chi connectivity index (χ0) is 12.9. The molecule has 0 heterocycles. The summed E-state index contributed by atoms with van der Waals surface area (Å²) in [5.74, 6) is 0.612. The molecule has 0 aliphatic heterocycles. The summed E-state index contributed by atoms with van der Waals surface area (Å²) in [5.41, 5.74) is 1.34. The molecule has 0 radical (unpaired) electrons. The average molecular weight is 354 g/mol. The van der Waals surface area contributed by atoms with Gasteiger partial charge < -0.3 is 5.01 Å². The molecule has 0 aromatic carbocycles. The molecule has 0 aliphatic carbocycles. The Morgan fingerprint density at radius 3 is 2.12 bits per heavy atom. The van der Waals surface area contributed by atoms with E-state index in [2.05, 4.69) is 61.2 Å². The van der Waals surface area contributed by atoms with E-state index in [1.165, 1.54) is 12.1 Å². The minimum Gasteiger partial charge on any atom is -0.303 e. The highest BCUT2D eigenvalue weighted by molar-refractivity contribution is 14.1. The summed E-state index contributed by atoms with van der Waals surface area (Å²) in [6, 6.07) is 0. The van der Waals surface area contributed by atoms with E-state index in [9.17, 15) is 0 Å². The Kier molecular flexibility index (Phi) is 7.17. The molecule has 0 saturated carbocycles. The number of hydrogen-bond donors (Lipinski definition) is 0. The van der Waals surface area contributed by atoms with Crippen molar-refractivity contribution in [3.05, 3.63) is 0 Å². The van der Waals surface area contributed by atoms with Crippen molar-refractivity contribution in [1.29, 1.82) is 0 Å². The van der Waals surface area contributed by atoms with Gasteiger partial charge in [-0.1, -0.05) is 56.1 Å². The highest BCUT2D eigenvalue weighted by Gasteiger charge is 2.26. The molecule has 0 spiro atoms. The van der Waals surface area contributed by atoms with E-state index in [4.69, 9.17) is 0 Å². The van der Waals surface area contributed by atoms with Crippen molar-refractivity contribution in [1.82, 2.24) is 5.01 Å². The van der Waals surface area contributed by atoms with Gasteiger partial charge in [-0.15, -0.1) is 0 Å². The third-order valence-corrected chi connectivity index (χ3v) is 11.0. The van der Waals surface area contributed by atoms with Gasteiger partial charge >= 0.3 is 0 Å². The smallest absolute Gasteiger partial charge is 0.0585 e. The van der Waals surface area contributed by atoms with Gasteiger partial charge in [0, 0.05) is 23.4 Å². The summed E-state index contributed by atoms with van der Waals surface area (Å²) in [4.78, 5) is 0. The van der Waals surface area contributed by atoms with Crippen molar-refractivity contribution in [3.63, 3.8) is 0 Å². The first kappa shape index (κ1) is 16.4. The Balaban J connectivity index is 4.49. The average Bonchev–Trinajstić information content (AvgIpc) is 2.11. The van der Waals surface area contributed by atoms with Crippen LogP contribution in [0.4, 0.5) is 0 Å². The summed E-state index contributed by atoms with van der Waals surface area (Å²) in [6.45, 7) is 11.9. The van der Waals surface area contributed by atoms with Crippen LogP contribution in [0, 0.1) is 5.92 Å². The molecular weight excluding hydrogens is 327 g/mol. The molecule has 0 fully saturated rings. The zero-order valence-electron chi connectivity index (χ0n) is 11.8. The van der Waals surface area contributed by atoms with Crippen molar-refractivity contribution < 1.29 is 0 Å². The van der Waals surface area contributed by atoms with E-state index in [1.54, 1.807) is 0 Å². The normalized spacial score (nSPS) is 17.1. The Morgan fingerprint density at radius 1 is 1.31 bits per heavy atom. The Bertz CT molecular complexity index is 234. The van der Waals surface area contributed by atoms with Crippen LogP contribution in [0.1, 0.15) is 26.7 Å². The van der Waals surface area contributed by atoms with E-state index in [0.29, 0.717) is 5.92 Å². The molecular formula is C12H27IN2Si. The molecule has 16 heavy (non-hydrogen) atoms. The molecule has 0 rings (SSSR count). The van der Waals surface area contributed by atoms with Gasteiger partial charge in [0.15, 0.2) is 0 Å². The lowest BCUT2D eigenvalue weighted by molar-refractivity contribution is 0.430. The molecule has 0 saturated heterocycles. The number of nitrogens with zero attached hydrogens (tertiary/aromatic N) is 2. The summed E-state index contributed by atoms with van der Waals surface area (Å²) in [7, 11) is 3.00. The molecule has 0 aromatic heterocycles. The Hall–Kier alpha value is 0.417. The second kappa shape index (κ2) is 6.99. The van der Waals surface area contributed by atoms with Gasteiger partial charge in [0.25, 0.3) is 0 Å². The Labute approximate surface area is 116 Å². The van der Waals surface area contributed by atoms with Crippen LogP contribution in [0.15, 0.2) is 5.10 Å². The molecule has 0 amide bonds. The largest absolute Gasteiger partial charge is 0.303 e. The maximum absolute atomic E-state index is 4.59. The molecule has 0 aliphatic rings. The number of hydrogen-bond acceptors (Lipinski definition) is 2. The number of rotatable bonds is 6. The third kappa shape index (κ3) is 6.23. The van der Waals surface area contributed by atoms with Gasteiger partial charge in [0.2, 0.25) is 0 Å². The lowest BCUT2D eigenvalue weighted by Gasteiger charge is -2.27. The number of halogens is 1. The first-order valence-corrected chi connectivity index (χ1v) is 10.9. The first-order valence-electron chi connectivity index (χ1n) is 6.07. The fourth-order valence-corrected chi connectivity index (χ4v) is 3.40. The minimum atomic E-state index is -1.00. The maximum Gasteiger partial charge on any atom is 0.0585 e. The minimum absolute atomic E-state index is 0.612. The van der Waals surface area contributed by atoms with Gasteiger partial charge in [-0.2, -0.15) is 5.10 Å². The van der Waals surface area contributed by atoms with Gasteiger partial charge in [-0.05, 0) is 18.8 Å². The number of alkyl halides is 1. The second-order valence-corrected chi connectivity index (χ2v) is 13.9. The maximum atomic E-state index is 4.59. The molecule has 2 nitrogen and oxygen atoms in total. The van der Waals surface area contributed by atoms with Crippen LogP contribution in [0.5, 0.6) is 0 Å². The van der Waals surface area contributed by atoms with E-state index in [-0.39, 0.29) is 0 Å². The van der Waals surface area contributed by atoms with E-state index < -0.39 is 8.07 Å². The fourth-order valence-electron chi connectivity index (χ4n) is 1.57. The van der Waals surface area contributed by atoms with Crippen LogP contribution in [0.3, 0.4) is 0 Å². The molecule has 2 unspecified atom stereocenters. The Morgan fingerprint density at radius 2 is 1.81 bits per heavy atom. The molecule has 0 aromatic rings. The van der Waals surface area contributed by atoms with Crippen molar-refractivity contribution in [2.45, 2.75) is 49.9 Å². The van der Waals surface area contributed by atoms with Crippen molar-refractivity contribution in [3.8, 4) is 0 Å². The fraction of sp³-hybridized carbons (Fsp3) is 0.917. The van der Waals surface area contributed by atoms with E-state index >= 15 is 0 Å². The van der Waals surface area contributed by atoms with Crippen LogP contribution >= 0.6 is 22.6 Å². The topological polar surface area (TPSA) is 15.6 Å². The van der Waals surface area contributed by atoms with Crippen molar-refractivity contribution in [2.24, 2.45) is 11.0 Å². The first-order chi connectivity index (χ1) is 7.18. The SMILES string of the molecule is CC/C(=N\N(C)C)C(C)CC(I)[Si](C)(C)C. The van der Waals surface area contributed by atoms with Crippen LogP contribution in [-0.2, 0) is 0 Å². The van der Waals surface area contributed by atoms with Crippen molar-refractivity contribution >= 4 is 36.4 Å². The van der Waals surface area contributed by atoms with E-state index in [0.717, 1.165) is 9.97 Å². The van der Waals surface area contributed by atoms with Gasteiger partial charge in [0.1, 0.15) is 0 Å². The van der Waals surface area contributed by atoms with Gasteiger partial charge in [-0.25, -0.2) is 0 Å². The zero-order valence-corrected chi connectivity index (χ0v) is 15.0.